The van der Waals surface area contributed by atoms with Crippen LogP contribution in [0.3, 0.4) is 0 Å². The van der Waals surface area contributed by atoms with Crippen molar-refractivity contribution in [1.82, 2.24) is 24.9 Å². The minimum Gasteiger partial charge on any atom is -0.357 e. The Balaban J connectivity index is 1.55. The van der Waals surface area contributed by atoms with Gasteiger partial charge in [-0.15, -0.1) is 0 Å². The van der Waals surface area contributed by atoms with Gasteiger partial charge in [-0.05, 0) is 50.0 Å². The Morgan fingerprint density at radius 3 is 2.56 bits per heavy atom. The number of nitrogens with one attached hydrogen (secondary N) is 1. The second-order valence-electron chi connectivity index (χ2n) is 10.3. The molecule has 1 aliphatic carbocycles. The number of halogens is 3. The molecule has 9 heteroatoms. The molecule has 0 spiro atoms. The van der Waals surface area contributed by atoms with Crippen molar-refractivity contribution in [1.29, 1.82) is 0 Å². The lowest BCUT2D eigenvalue weighted by atomic mass is 9.95. The van der Waals surface area contributed by atoms with E-state index in [9.17, 15) is 18.0 Å². The lowest BCUT2D eigenvalue weighted by Crippen LogP contribution is -2.55. The van der Waals surface area contributed by atoms with Crippen LogP contribution >= 0.6 is 0 Å². The predicted molar refractivity (Wildman–Crippen MR) is 133 cm³/mol. The van der Waals surface area contributed by atoms with Gasteiger partial charge in [0.2, 0.25) is 5.91 Å². The van der Waals surface area contributed by atoms with Crippen LogP contribution < -0.4 is 5.32 Å². The summed E-state index contributed by atoms with van der Waals surface area (Å²) in [5.74, 6) is 0.213. The van der Waals surface area contributed by atoms with Crippen LogP contribution in [-0.4, -0.2) is 51.3 Å². The Labute approximate surface area is 211 Å². The molecule has 1 aliphatic heterocycles. The van der Waals surface area contributed by atoms with Gasteiger partial charge in [0.25, 0.3) is 0 Å². The monoisotopic (exact) mass is 503 g/mol. The highest BCUT2D eigenvalue weighted by Crippen LogP contribution is 2.35. The number of hydrogen-bond donors (Lipinski definition) is 1. The number of alkyl halides is 3. The van der Waals surface area contributed by atoms with E-state index in [2.05, 4.69) is 40.3 Å². The zero-order valence-electron chi connectivity index (χ0n) is 21.3. The van der Waals surface area contributed by atoms with Crippen LogP contribution in [0.1, 0.15) is 55.6 Å². The number of rotatable bonds is 9. The second-order valence-corrected chi connectivity index (χ2v) is 10.3. The zero-order valence-corrected chi connectivity index (χ0v) is 21.3. The Kier molecular flexibility index (Phi) is 7.95. The van der Waals surface area contributed by atoms with Crippen molar-refractivity contribution in [3.63, 3.8) is 0 Å². The molecule has 1 N–H and O–H groups in total. The summed E-state index contributed by atoms with van der Waals surface area (Å²) in [5, 5.41) is 7.02. The van der Waals surface area contributed by atoms with Gasteiger partial charge in [0.1, 0.15) is 12.7 Å². The third kappa shape index (κ3) is 6.05. The van der Waals surface area contributed by atoms with Gasteiger partial charge in [-0.3, -0.25) is 9.48 Å². The lowest BCUT2D eigenvalue weighted by molar-refractivity contribution is -0.142. The van der Waals surface area contributed by atoms with Crippen LogP contribution in [0, 0.1) is 5.92 Å². The first-order valence-corrected chi connectivity index (χ1v) is 12.8. The highest BCUT2D eigenvalue weighted by Gasteiger charge is 2.40. The normalized spacial score (nSPS) is 18.6. The standard InChI is InChI=1S/C27H36F3N5O/c1-19(2)13-14-34-16-15-33(3)26(34)22(17-20-9-5-4-6-10-20)31-24(36)18-35-23-12-8-7-11-21(23)25(32-35)27(28,29)30/h4-6,9-10,15-16,19,22,26H,7-8,11-14,17-18H2,1-3H3,(H,31,36)/t22-,26?/m0/s1. The molecule has 196 valence electrons. The minimum absolute atomic E-state index is 0.0924. The number of likely N-dealkylation sites (N-methyl/N-ethyl adjacent to an activating group) is 1. The summed E-state index contributed by atoms with van der Waals surface area (Å²) < 4.78 is 42.1. The van der Waals surface area contributed by atoms with Gasteiger partial charge < -0.3 is 15.1 Å². The zero-order chi connectivity index (χ0) is 25.9. The Morgan fingerprint density at radius 2 is 1.86 bits per heavy atom. The number of fused-ring (bicyclic) bond motifs is 1. The molecule has 0 bridgehead atoms. The molecule has 2 aromatic rings. The maximum Gasteiger partial charge on any atom is 0.435 e. The molecule has 0 saturated carbocycles. The highest BCUT2D eigenvalue weighted by molar-refractivity contribution is 5.76. The van der Waals surface area contributed by atoms with Crippen LogP contribution in [0.2, 0.25) is 0 Å². The number of carbonyl (C=O) groups is 1. The minimum atomic E-state index is -4.52. The number of benzene rings is 1. The van der Waals surface area contributed by atoms with Gasteiger partial charge in [-0.2, -0.15) is 18.3 Å². The number of carbonyl (C=O) groups excluding carboxylic acids is 1. The van der Waals surface area contributed by atoms with E-state index in [1.54, 1.807) is 0 Å². The summed E-state index contributed by atoms with van der Waals surface area (Å²) in [6, 6.07) is 9.68. The number of hydrogen-bond acceptors (Lipinski definition) is 4. The molecule has 1 unspecified atom stereocenters. The molecule has 1 aromatic heterocycles. The van der Waals surface area contributed by atoms with Crippen molar-refractivity contribution in [2.75, 3.05) is 13.6 Å². The Morgan fingerprint density at radius 1 is 1.14 bits per heavy atom. The van der Waals surface area contributed by atoms with E-state index in [0.29, 0.717) is 37.3 Å². The third-order valence-electron chi connectivity index (χ3n) is 7.04. The van der Waals surface area contributed by atoms with Crippen molar-refractivity contribution in [2.24, 2.45) is 5.92 Å². The number of aromatic nitrogens is 2. The van der Waals surface area contributed by atoms with Gasteiger partial charge in [-0.1, -0.05) is 44.2 Å². The Bertz CT molecular complexity index is 1060. The SMILES string of the molecule is CC(C)CCN1C=CN(C)C1[C@H](Cc1ccccc1)NC(=O)Cn1nc(C(F)(F)F)c2c1CCCC2. The van der Waals surface area contributed by atoms with Crippen LogP contribution in [-0.2, 0) is 36.8 Å². The third-order valence-corrected chi connectivity index (χ3v) is 7.04. The summed E-state index contributed by atoms with van der Waals surface area (Å²) in [6.07, 6.45) is 3.44. The first-order chi connectivity index (χ1) is 17.1. The summed E-state index contributed by atoms with van der Waals surface area (Å²) in [5.41, 5.74) is 1.04. The fraction of sp³-hybridized carbons (Fsp3) is 0.556. The van der Waals surface area contributed by atoms with Gasteiger partial charge in [0.05, 0.1) is 6.04 Å². The molecule has 4 rings (SSSR count). The van der Waals surface area contributed by atoms with Crippen LogP contribution in [0.15, 0.2) is 42.7 Å². The van der Waals surface area contributed by atoms with Gasteiger partial charge in [0, 0.05) is 37.2 Å². The summed E-state index contributed by atoms with van der Waals surface area (Å²) in [6.45, 7) is 4.99. The van der Waals surface area contributed by atoms with E-state index in [1.807, 2.05) is 43.6 Å². The van der Waals surface area contributed by atoms with Crippen molar-refractivity contribution >= 4 is 5.91 Å². The topological polar surface area (TPSA) is 53.4 Å². The quantitative estimate of drug-likeness (QED) is 0.544. The molecular formula is C27H36F3N5O. The molecule has 2 heterocycles. The van der Waals surface area contributed by atoms with Crippen LogP contribution in [0.5, 0.6) is 0 Å². The first kappa shape index (κ1) is 26.1. The molecular weight excluding hydrogens is 467 g/mol. The van der Waals surface area contributed by atoms with Gasteiger partial charge >= 0.3 is 6.18 Å². The van der Waals surface area contributed by atoms with E-state index in [1.165, 1.54) is 4.68 Å². The van der Waals surface area contributed by atoms with Crippen LogP contribution in [0.25, 0.3) is 0 Å². The van der Waals surface area contributed by atoms with Crippen molar-refractivity contribution < 1.29 is 18.0 Å². The Hall–Kier alpha value is -2.97. The van der Waals surface area contributed by atoms with Gasteiger partial charge in [-0.25, -0.2) is 0 Å². The fourth-order valence-corrected chi connectivity index (χ4v) is 5.25. The highest BCUT2D eigenvalue weighted by atomic mass is 19.4. The van der Waals surface area contributed by atoms with Crippen molar-refractivity contribution in [3.8, 4) is 0 Å². The molecule has 36 heavy (non-hydrogen) atoms. The average Bonchev–Trinajstić information content (AvgIpc) is 3.38. The average molecular weight is 504 g/mol. The van der Waals surface area contributed by atoms with E-state index in [0.717, 1.165) is 24.9 Å². The van der Waals surface area contributed by atoms with Crippen LogP contribution in [0.4, 0.5) is 13.2 Å². The smallest absolute Gasteiger partial charge is 0.357 e. The summed E-state index contributed by atoms with van der Waals surface area (Å²) in [4.78, 5) is 17.6. The molecule has 0 radical (unpaired) electrons. The molecule has 2 atom stereocenters. The van der Waals surface area contributed by atoms with E-state index in [-0.39, 0.29) is 30.2 Å². The number of amides is 1. The van der Waals surface area contributed by atoms with E-state index in [4.69, 9.17) is 0 Å². The molecule has 1 amide bonds. The maximum absolute atomic E-state index is 13.6. The predicted octanol–water partition coefficient (Wildman–Crippen LogP) is 4.60. The van der Waals surface area contributed by atoms with Crippen molar-refractivity contribution in [3.05, 3.63) is 65.2 Å². The first-order valence-electron chi connectivity index (χ1n) is 12.8. The molecule has 0 saturated heterocycles. The molecule has 6 nitrogen and oxygen atoms in total. The molecule has 2 aliphatic rings. The fourth-order valence-electron chi connectivity index (χ4n) is 5.25. The van der Waals surface area contributed by atoms with E-state index >= 15 is 0 Å². The van der Waals surface area contributed by atoms with E-state index < -0.39 is 11.9 Å². The molecule has 1 aromatic carbocycles. The number of nitrogens with zero attached hydrogens (tertiary/aromatic N) is 4. The second kappa shape index (κ2) is 11.0. The summed E-state index contributed by atoms with van der Waals surface area (Å²) >= 11 is 0. The largest absolute Gasteiger partial charge is 0.435 e. The molecule has 0 fully saturated rings. The van der Waals surface area contributed by atoms with Gasteiger partial charge in [0.15, 0.2) is 5.69 Å². The summed E-state index contributed by atoms with van der Waals surface area (Å²) in [7, 11) is 1.99. The maximum atomic E-state index is 13.6. The lowest BCUT2D eigenvalue weighted by Gasteiger charge is -2.37. The van der Waals surface area contributed by atoms with Crippen molar-refractivity contribution in [2.45, 2.75) is 77.3 Å².